The van der Waals surface area contributed by atoms with Crippen molar-refractivity contribution in [2.75, 3.05) is 18.0 Å². The summed E-state index contributed by atoms with van der Waals surface area (Å²) in [7, 11) is 0. The first-order valence-corrected chi connectivity index (χ1v) is 5.77. The van der Waals surface area contributed by atoms with Gasteiger partial charge in [0.15, 0.2) is 0 Å². The molecule has 17 heavy (non-hydrogen) atoms. The molecule has 2 atom stereocenters. The first kappa shape index (κ1) is 10.5. The molecule has 2 bridgehead atoms. The third kappa shape index (κ3) is 1.67. The number of pyridine rings is 1. The van der Waals surface area contributed by atoms with Crippen LogP contribution in [0.25, 0.3) is 0 Å². The van der Waals surface area contributed by atoms with Crippen LogP contribution in [0.5, 0.6) is 0 Å². The van der Waals surface area contributed by atoms with Gasteiger partial charge in [0.25, 0.3) is 0 Å². The van der Waals surface area contributed by atoms with E-state index in [1.54, 1.807) is 12.1 Å². The molecular weight excluding hydrogens is 220 g/mol. The summed E-state index contributed by atoms with van der Waals surface area (Å²) >= 11 is 0. The maximum absolute atomic E-state index is 10.7. The number of aromatic carboxylic acids is 1. The molecule has 90 valence electrons. The third-order valence-corrected chi connectivity index (χ3v) is 3.80. The van der Waals surface area contributed by atoms with Crippen molar-refractivity contribution in [2.45, 2.75) is 12.5 Å². The van der Waals surface area contributed by atoms with E-state index >= 15 is 0 Å². The highest BCUT2D eigenvalue weighted by molar-refractivity contribution is 5.87. The molecule has 0 spiro atoms. The topological polar surface area (TPSA) is 73.7 Å². The molecule has 0 radical (unpaired) electrons. The minimum absolute atomic E-state index is 0.149. The van der Waals surface area contributed by atoms with Gasteiger partial charge >= 0.3 is 5.97 Å². The van der Waals surface area contributed by atoms with Gasteiger partial charge in [0.1, 0.15) is 5.82 Å². The number of hydrogen-bond acceptors (Lipinski definition) is 4. The molecule has 5 heteroatoms. The number of aliphatic hydroxyl groups is 1. The average Bonchev–Trinajstić information content (AvgIpc) is 2.38. The van der Waals surface area contributed by atoms with E-state index in [2.05, 4.69) is 9.88 Å². The van der Waals surface area contributed by atoms with Crippen molar-refractivity contribution < 1.29 is 15.0 Å². The number of nitrogens with zero attached hydrogens (tertiary/aromatic N) is 2. The first-order chi connectivity index (χ1) is 8.15. The Bertz CT molecular complexity index is 434. The zero-order chi connectivity index (χ0) is 12.0. The van der Waals surface area contributed by atoms with Gasteiger partial charge in [-0.15, -0.1) is 0 Å². The van der Waals surface area contributed by atoms with Crippen molar-refractivity contribution in [3.63, 3.8) is 0 Å². The number of piperidine rings is 2. The highest BCUT2D eigenvalue weighted by atomic mass is 16.4. The molecule has 2 unspecified atom stereocenters. The number of hydrogen-bond donors (Lipinski definition) is 2. The number of carbonyl (C=O) groups is 1. The SMILES string of the molecule is O=C(O)c1ccc(N2CC3CC(C2)C3O)nc1. The molecule has 1 aliphatic carbocycles. The molecule has 4 rings (SSSR count). The summed E-state index contributed by atoms with van der Waals surface area (Å²) in [5, 5.41) is 18.5. The van der Waals surface area contributed by atoms with E-state index in [1.165, 1.54) is 6.20 Å². The number of carboxylic acid groups (broad SMARTS) is 1. The van der Waals surface area contributed by atoms with Crippen LogP contribution in [0.3, 0.4) is 0 Å². The summed E-state index contributed by atoms with van der Waals surface area (Å²) in [5.74, 6) is 0.557. The molecule has 1 aromatic heterocycles. The van der Waals surface area contributed by atoms with E-state index in [9.17, 15) is 9.90 Å². The molecule has 2 N–H and O–H groups in total. The number of aliphatic hydroxyl groups excluding tert-OH is 1. The number of fused-ring (bicyclic) bond motifs is 2. The lowest BCUT2D eigenvalue weighted by atomic mass is 9.68. The van der Waals surface area contributed by atoms with Gasteiger partial charge in [-0.1, -0.05) is 0 Å². The highest BCUT2D eigenvalue weighted by Gasteiger charge is 2.45. The smallest absolute Gasteiger partial charge is 0.337 e. The van der Waals surface area contributed by atoms with Gasteiger partial charge in [-0.3, -0.25) is 0 Å². The van der Waals surface area contributed by atoms with Crippen LogP contribution in [0, 0.1) is 11.8 Å². The minimum atomic E-state index is -0.957. The number of carboxylic acids is 1. The van der Waals surface area contributed by atoms with E-state index in [0.717, 1.165) is 25.3 Å². The average molecular weight is 234 g/mol. The fraction of sp³-hybridized carbons (Fsp3) is 0.500. The predicted molar refractivity (Wildman–Crippen MR) is 61.0 cm³/mol. The summed E-state index contributed by atoms with van der Waals surface area (Å²) in [5.41, 5.74) is 0.205. The molecule has 1 aromatic rings. The predicted octanol–water partition coefficient (Wildman–Crippen LogP) is 0.597. The van der Waals surface area contributed by atoms with Gasteiger partial charge < -0.3 is 15.1 Å². The van der Waals surface area contributed by atoms with Crippen molar-refractivity contribution in [3.05, 3.63) is 23.9 Å². The lowest BCUT2D eigenvalue weighted by molar-refractivity contribution is -0.0533. The molecule has 0 aromatic carbocycles. The lowest BCUT2D eigenvalue weighted by Gasteiger charge is -2.51. The second-order valence-corrected chi connectivity index (χ2v) is 4.86. The maximum Gasteiger partial charge on any atom is 0.337 e. The van der Waals surface area contributed by atoms with Crippen LogP contribution in [-0.2, 0) is 0 Å². The number of aromatic nitrogens is 1. The van der Waals surface area contributed by atoms with E-state index < -0.39 is 5.97 Å². The van der Waals surface area contributed by atoms with Crippen molar-refractivity contribution in [1.82, 2.24) is 4.98 Å². The Labute approximate surface area is 98.7 Å². The zero-order valence-electron chi connectivity index (χ0n) is 9.28. The summed E-state index contributed by atoms with van der Waals surface area (Å²) in [6.07, 6.45) is 2.34. The van der Waals surface area contributed by atoms with Gasteiger partial charge in [0.2, 0.25) is 0 Å². The Balaban J connectivity index is 1.75. The van der Waals surface area contributed by atoms with Crippen molar-refractivity contribution in [2.24, 2.45) is 11.8 Å². The standard InChI is InChI=1S/C12H14N2O3/c15-11-8-3-9(11)6-14(5-8)10-2-1-7(4-13-10)12(16)17/h1-2,4,8-9,11,15H,3,5-6H2,(H,16,17). The summed E-state index contributed by atoms with van der Waals surface area (Å²) < 4.78 is 0. The first-order valence-electron chi connectivity index (χ1n) is 5.77. The minimum Gasteiger partial charge on any atom is -0.478 e. The number of anilines is 1. The van der Waals surface area contributed by atoms with Crippen LogP contribution in [0.1, 0.15) is 16.8 Å². The van der Waals surface area contributed by atoms with E-state index in [4.69, 9.17) is 5.11 Å². The largest absolute Gasteiger partial charge is 0.478 e. The van der Waals surface area contributed by atoms with Gasteiger partial charge in [-0.05, 0) is 18.6 Å². The molecular formula is C12H14N2O3. The monoisotopic (exact) mass is 234 g/mol. The highest BCUT2D eigenvalue weighted by Crippen LogP contribution is 2.40. The van der Waals surface area contributed by atoms with Gasteiger partial charge in [0.05, 0.1) is 11.7 Å². The molecule has 3 aliphatic rings. The van der Waals surface area contributed by atoms with Gasteiger partial charge in [0, 0.05) is 31.1 Å². The van der Waals surface area contributed by atoms with E-state index in [1.807, 2.05) is 0 Å². The summed E-state index contributed by atoms with van der Waals surface area (Å²) in [6.45, 7) is 1.63. The van der Waals surface area contributed by atoms with Crippen LogP contribution >= 0.6 is 0 Å². The van der Waals surface area contributed by atoms with E-state index in [-0.39, 0.29) is 11.7 Å². The van der Waals surface area contributed by atoms with Gasteiger partial charge in [-0.25, -0.2) is 9.78 Å². The van der Waals surface area contributed by atoms with Crippen LogP contribution in [-0.4, -0.2) is 40.4 Å². The second kappa shape index (κ2) is 3.70. The molecule has 2 saturated heterocycles. The third-order valence-electron chi connectivity index (χ3n) is 3.80. The molecule has 1 saturated carbocycles. The van der Waals surface area contributed by atoms with Crippen LogP contribution < -0.4 is 4.90 Å². The Morgan fingerprint density at radius 2 is 2.06 bits per heavy atom. The van der Waals surface area contributed by atoms with Gasteiger partial charge in [-0.2, -0.15) is 0 Å². The fourth-order valence-electron chi connectivity index (χ4n) is 2.75. The zero-order valence-corrected chi connectivity index (χ0v) is 9.28. The molecule has 3 heterocycles. The van der Waals surface area contributed by atoms with Crippen molar-refractivity contribution >= 4 is 11.8 Å². The fourth-order valence-corrected chi connectivity index (χ4v) is 2.75. The molecule has 3 fully saturated rings. The van der Waals surface area contributed by atoms with Crippen LogP contribution in [0.15, 0.2) is 18.3 Å². The summed E-state index contributed by atoms with van der Waals surface area (Å²) in [6, 6.07) is 3.31. The second-order valence-electron chi connectivity index (χ2n) is 4.86. The Kier molecular flexibility index (Phi) is 2.29. The quantitative estimate of drug-likeness (QED) is 0.783. The maximum atomic E-state index is 10.7. The molecule has 5 nitrogen and oxygen atoms in total. The van der Waals surface area contributed by atoms with E-state index in [0.29, 0.717) is 11.8 Å². The van der Waals surface area contributed by atoms with Crippen LogP contribution in [0.4, 0.5) is 5.82 Å². The molecule has 0 amide bonds. The summed E-state index contributed by atoms with van der Waals surface area (Å²) in [4.78, 5) is 17.0. The van der Waals surface area contributed by atoms with Crippen molar-refractivity contribution in [1.29, 1.82) is 0 Å². The Morgan fingerprint density at radius 3 is 2.53 bits per heavy atom. The lowest BCUT2D eigenvalue weighted by Crippen LogP contribution is -2.58. The number of rotatable bonds is 2. The van der Waals surface area contributed by atoms with Crippen LogP contribution in [0.2, 0.25) is 0 Å². The Morgan fingerprint density at radius 1 is 1.35 bits per heavy atom. The normalized spacial score (nSPS) is 30.9. The Hall–Kier alpha value is -1.62. The molecule has 2 aliphatic heterocycles. The van der Waals surface area contributed by atoms with Crippen molar-refractivity contribution in [3.8, 4) is 0 Å².